The zero-order valence-corrected chi connectivity index (χ0v) is 14.7. The maximum absolute atomic E-state index is 13.4. The Labute approximate surface area is 140 Å². The molecule has 0 aromatic heterocycles. The van der Waals surface area contributed by atoms with Crippen LogP contribution in [-0.2, 0) is 6.42 Å². The molecular formula is C20H31FO2. The van der Waals surface area contributed by atoms with Gasteiger partial charge in [0.2, 0.25) is 0 Å². The van der Waals surface area contributed by atoms with Crippen molar-refractivity contribution in [3.05, 3.63) is 35.2 Å². The second-order valence-electron chi connectivity index (χ2n) is 6.32. The fourth-order valence-corrected chi connectivity index (χ4v) is 2.89. The molecule has 130 valence electrons. The van der Waals surface area contributed by atoms with Crippen LogP contribution in [0.4, 0.5) is 4.39 Å². The zero-order chi connectivity index (χ0) is 17.2. The van der Waals surface area contributed by atoms with Gasteiger partial charge in [-0.2, -0.15) is 0 Å². The predicted molar refractivity (Wildman–Crippen MR) is 94.7 cm³/mol. The van der Waals surface area contributed by atoms with Crippen LogP contribution in [0.15, 0.2) is 24.0 Å². The number of benzene rings is 1. The highest BCUT2D eigenvalue weighted by molar-refractivity contribution is 5.50. The zero-order valence-electron chi connectivity index (χ0n) is 14.7. The van der Waals surface area contributed by atoms with Crippen LogP contribution in [0.3, 0.4) is 0 Å². The summed E-state index contributed by atoms with van der Waals surface area (Å²) in [4.78, 5) is 0. The molecule has 0 saturated carbocycles. The molecule has 0 spiro atoms. The van der Waals surface area contributed by atoms with Gasteiger partial charge < -0.3 is 10.2 Å². The number of halogens is 1. The first-order chi connectivity index (χ1) is 11.0. The third kappa shape index (κ3) is 6.25. The summed E-state index contributed by atoms with van der Waals surface area (Å²) < 4.78 is 13.4. The maximum atomic E-state index is 13.4. The minimum atomic E-state index is -0.214. The maximum Gasteiger partial charge on any atom is 0.123 e. The van der Waals surface area contributed by atoms with Crippen LogP contribution in [0, 0.1) is 0 Å². The van der Waals surface area contributed by atoms with Gasteiger partial charge in [0.1, 0.15) is 11.5 Å². The van der Waals surface area contributed by atoms with Crippen LogP contribution in [-0.4, -0.2) is 10.2 Å². The van der Waals surface area contributed by atoms with E-state index in [1.165, 1.54) is 12.5 Å². The van der Waals surface area contributed by atoms with E-state index in [4.69, 9.17) is 0 Å². The Bertz CT molecular complexity index is 485. The molecule has 2 nitrogen and oxygen atoms in total. The summed E-state index contributed by atoms with van der Waals surface area (Å²) in [6, 6.07) is 3.43. The van der Waals surface area contributed by atoms with Gasteiger partial charge in [-0.3, -0.25) is 0 Å². The quantitative estimate of drug-likeness (QED) is 0.618. The van der Waals surface area contributed by atoms with Gasteiger partial charge in [0.05, 0.1) is 5.83 Å². The number of unbranched alkanes of at least 4 members (excludes halogenated alkanes) is 2. The fourth-order valence-electron chi connectivity index (χ4n) is 2.89. The lowest BCUT2D eigenvalue weighted by atomic mass is 9.87. The van der Waals surface area contributed by atoms with Crippen molar-refractivity contribution in [3.8, 4) is 11.5 Å². The summed E-state index contributed by atoms with van der Waals surface area (Å²) in [7, 11) is 0. The van der Waals surface area contributed by atoms with Gasteiger partial charge in [0, 0.05) is 11.5 Å². The molecule has 0 aliphatic heterocycles. The van der Waals surface area contributed by atoms with Gasteiger partial charge in [-0.25, -0.2) is 4.39 Å². The molecule has 1 unspecified atom stereocenters. The average Bonchev–Trinajstić information content (AvgIpc) is 2.48. The third-order valence-electron chi connectivity index (χ3n) is 3.95. The first kappa shape index (κ1) is 19.5. The normalized spacial score (nSPS) is 17.2. The molecule has 0 fully saturated rings. The number of aryl methyl sites for hydroxylation is 1. The molecular weight excluding hydrogens is 291 g/mol. The summed E-state index contributed by atoms with van der Waals surface area (Å²) in [5.74, 6) is -0.180. The highest BCUT2D eigenvalue weighted by Gasteiger charge is 2.22. The Hall–Kier alpha value is -1.51. The summed E-state index contributed by atoms with van der Waals surface area (Å²) >= 11 is 0. The van der Waals surface area contributed by atoms with Gasteiger partial charge in [0.15, 0.2) is 0 Å². The van der Waals surface area contributed by atoms with Gasteiger partial charge in [0.25, 0.3) is 0 Å². The Morgan fingerprint density at radius 3 is 2.22 bits per heavy atom. The van der Waals surface area contributed by atoms with E-state index >= 15 is 0 Å². The van der Waals surface area contributed by atoms with Crippen LogP contribution in [0.25, 0.3) is 0 Å². The topological polar surface area (TPSA) is 40.5 Å². The summed E-state index contributed by atoms with van der Waals surface area (Å²) in [6.45, 7) is 6.39. The smallest absolute Gasteiger partial charge is 0.123 e. The number of phenolic OH excluding ortho intramolecular Hbond substituents is 2. The lowest BCUT2D eigenvalue weighted by Gasteiger charge is -2.20. The molecule has 1 aromatic rings. The summed E-state index contributed by atoms with van der Waals surface area (Å²) in [5, 5.41) is 20.3. The molecule has 0 saturated heterocycles. The van der Waals surface area contributed by atoms with Crippen molar-refractivity contribution in [2.45, 2.75) is 78.1 Å². The fraction of sp³-hybridized carbons (Fsp3) is 0.600. The number of hydrogen-bond donors (Lipinski definition) is 2. The Morgan fingerprint density at radius 2 is 1.70 bits per heavy atom. The molecule has 0 amide bonds. The van der Waals surface area contributed by atoms with E-state index in [2.05, 4.69) is 20.8 Å². The van der Waals surface area contributed by atoms with E-state index in [1.807, 2.05) is 0 Å². The molecule has 1 aliphatic rings. The average molecular weight is 322 g/mol. The molecule has 1 aliphatic carbocycles. The predicted octanol–water partition coefficient (Wildman–Crippen LogP) is 6.37. The molecule has 0 heterocycles. The van der Waals surface area contributed by atoms with Gasteiger partial charge in [-0.15, -0.1) is 0 Å². The minimum absolute atomic E-state index is 0.0902. The molecule has 2 rings (SSSR count). The molecule has 2 N–H and O–H groups in total. The van der Waals surface area contributed by atoms with Crippen molar-refractivity contribution in [3.63, 3.8) is 0 Å². The highest BCUT2D eigenvalue weighted by Crippen LogP contribution is 2.41. The van der Waals surface area contributed by atoms with Crippen LogP contribution >= 0.6 is 0 Å². The van der Waals surface area contributed by atoms with E-state index in [1.54, 1.807) is 12.1 Å². The molecule has 1 aromatic carbocycles. The lowest BCUT2D eigenvalue weighted by Crippen LogP contribution is -2.03. The van der Waals surface area contributed by atoms with Gasteiger partial charge in [-0.1, -0.05) is 40.0 Å². The van der Waals surface area contributed by atoms with E-state index in [-0.39, 0.29) is 23.2 Å². The number of aromatic hydroxyl groups is 2. The van der Waals surface area contributed by atoms with E-state index in [0.717, 1.165) is 44.1 Å². The second-order valence-corrected chi connectivity index (χ2v) is 6.32. The van der Waals surface area contributed by atoms with Crippen LogP contribution < -0.4 is 0 Å². The standard InChI is InChI=1S/C17H23FO2.C3H8/c1-2-3-4-6-12-9-15(19)17(16(20)10-12)13-7-5-8-14(18)11-13;1-3-2/h9-11,13,19-20H,2-8H2,1H3;3H2,1-2H3. The molecule has 0 radical (unpaired) electrons. The number of allylic oxidation sites excluding steroid dienone is 2. The van der Waals surface area contributed by atoms with Crippen molar-refractivity contribution in [2.75, 3.05) is 0 Å². The third-order valence-corrected chi connectivity index (χ3v) is 3.95. The molecule has 3 heteroatoms. The Kier molecular flexibility index (Phi) is 8.75. The molecule has 1 atom stereocenters. The van der Waals surface area contributed by atoms with Gasteiger partial charge in [-0.05, 0) is 55.9 Å². The van der Waals surface area contributed by atoms with Crippen molar-refractivity contribution >= 4 is 0 Å². The van der Waals surface area contributed by atoms with Crippen molar-refractivity contribution in [2.24, 2.45) is 0 Å². The van der Waals surface area contributed by atoms with E-state index in [9.17, 15) is 14.6 Å². The largest absolute Gasteiger partial charge is 0.507 e. The molecule has 23 heavy (non-hydrogen) atoms. The first-order valence-electron chi connectivity index (χ1n) is 8.94. The summed E-state index contributed by atoms with van der Waals surface area (Å²) in [5.41, 5.74) is 1.41. The lowest BCUT2D eigenvalue weighted by molar-refractivity contribution is 0.422. The van der Waals surface area contributed by atoms with E-state index < -0.39 is 0 Å². The first-order valence-corrected chi connectivity index (χ1v) is 8.94. The molecule has 0 bridgehead atoms. The minimum Gasteiger partial charge on any atom is -0.507 e. The Morgan fingerprint density at radius 1 is 1.09 bits per heavy atom. The van der Waals surface area contributed by atoms with Crippen LogP contribution in [0.2, 0.25) is 0 Å². The second kappa shape index (κ2) is 10.3. The van der Waals surface area contributed by atoms with Crippen molar-refractivity contribution < 1.29 is 14.6 Å². The monoisotopic (exact) mass is 322 g/mol. The van der Waals surface area contributed by atoms with Crippen molar-refractivity contribution in [1.82, 2.24) is 0 Å². The van der Waals surface area contributed by atoms with Gasteiger partial charge >= 0.3 is 0 Å². The number of rotatable bonds is 5. The number of phenols is 2. The SMILES string of the molecule is CCC.CCCCCc1cc(O)c(C2C=C(F)CCC2)c(O)c1. The van der Waals surface area contributed by atoms with Crippen molar-refractivity contribution in [1.29, 1.82) is 0 Å². The van der Waals surface area contributed by atoms with Crippen LogP contribution in [0.5, 0.6) is 11.5 Å². The number of hydrogen-bond acceptors (Lipinski definition) is 2. The van der Waals surface area contributed by atoms with Crippen LogP contribution in [0.1, 0.15) is 82.8 Å². The Balaban J connectivity index is 0.000000816. The highest BCUT2D eigenvalue weighted by atomic mass is 19.1. The summed E-state index contributed by atoms with van der Waals surface area (Å²) in [6.07, 6.45) is 8.94. The van der Waals surface area contributed by atoms with E-state index in [0.29, 0.717) is 12.0 Å².